The minimum Gasteiger partial charge on any atom is -0.348 e. The van der Waals surface area contributed by atoms with Gasteiger partial charge >= 0.3 is 6.18 Å². The largest absolute Gasteiger partial charge is 0.416 e. The number of carbonyl (C=O) groups excluding carboxylic acids is 1. The van der Waals surface area contributed by atoms with Gasteiger partial charge in [-0.1, -0.05) is 24.3 Å². The van der Waals surface area contributed by atoms with Crippen molar-refractivity contribution in [1.29, 1.82) is 0 Å². The van der Waals surface area contributed by atoms with Gasteiger partial charge in [0, 0.05) is 0 Å². The number of benzene rings is 2. The van der Waals surface area contributed by atoms with Gasteiger partial charge in [-0.15, -0.1) is 0 Å². The zero-order valence-corrected chi connectivity index (χ0v) is 19.1. The highest BCUT2D eigenvalue weighted by Gasteiger charge is 2.34. The SMILES string of the molecule is C[C@H](NC(=O)[C@@H](C)N(c1cccc(C(F)(F)F)c1)S(C)(=O)=O)c1ccc2c(c1)CCCC2. The summed E-state index contributed by atoms with van der Waals surface area (Å²) in [6.45, 7) is 3.15. The molecular weight excluding hydrogens is 441 g/mol. The maximum atomic E-state index is 13.1. The topological polar surface area (TPSA) is 66.5 Å². The molecule has 0 unspecified atom stereocenters. The van der Waals surface area contributed by atoms with Crippen LogP contribution in [0.4, 0.5) is 18.9 Å². The number of alkyl halides is 3. The number of fused-ring (bicyclic) bond motifs is 1. The third kappa shape index (κ3) is 5.43. The van der Waals surface area contributed by atoms with Crippen molar-refractivity contribution >= 4 is 21.6 Å². The number of halogens is 3. The Bertz CT molecular complexity index is 1100. The van der Waals surface area contributed by atoms with Crippen molar-refractivity contribution in [3.05, 3.63) is 64.7 Å². The number of aryl methyl sites for hydroxylation is 2. The van der Waals surface area contributed by atoms with E-state index in [9.17, 15) is 26.4 Å². The highest BCUT2D eigenvalue weighted by atomic mass is 32.2. The van der Waals surface area contributed by atoms with Crippen molar-refractivity contribution in [2.75, 3.05) is 10.6 Å². The van der Waals surface area contributed by atoms with E-state index in [0.29, 0.717) is 0 Å². The van der Waals surface area contributed by atoms with E-state index in [0.717, 1.165) is 60.0 Å². The Balaban J connectivity index is 1.83. The minimum atomic E-state index is -4.63. The summed E-state index contributed by atoms with van der Waals surface area (Å²) in [5.41, 5.74) is 2.26. The average molecular weight is 469 g/mol. The van der Waals surface area contributed by atoms with Gasteiger partial charge in [-0.25, -0.2) is 8.42 Å². The number of anilines is 1. The summed E-state index contributed by atoms with van der Waals surface area (Å²) in [6.07, 6.45) is 0.530. The van der Waals surface area contributed by atoms with E-state index >= 15 is 0 Å². The molecule has 1 N–H and O–H groups in total. The Labute approximate surface area is 186 Å². The minimum absolute atomic E-state index is 0.216. The predicted molar refractivity (Wildman–Crippen MR) is 118 cm³/mol. The number of hydrogen-bond donors (Lipinski definition) is 1. The highest BCUT2D eigenvalue weighted by Crippen LogP contribution is 2.33. The van der Waals surface area contributed by atoms with Crippen molar-refractivity contribution in [3.8, 4) is 0 Å². The van der Waals surface area contributed by atoms with Crippen LogP contribution in [0.3, 0.4) is 0 Å². The molecule has 174 valence electrons. The standard InChI is InChI=1S/C23H27F3N2O3S/c1-15(18-12-11-17-7-4-5-8-19(17)13-18)27-22(29)16(2)28(32(3,30)31)21-10-6-9-20(14-21)23(24,25)26/h6,9-16H,4-5,7-8H2,1-3H3,(H,27,29)/t15-,16+/m0/s1. The Kier molecular flexibility index (Phi) is 6.88. The molecule has 0 aliphatic heterocycles. The van der Waals surface area contributed by atoms with Gasteiger partial charge in [-0.3, -0.25) is 9.10 Å². The van der Waals surface area contributed by atoms with Crippen LogP contribution in [-0.2, 0) is 33.8 Å². The monoisotopic (exact) mass is 468 g/mol. The van der Waals surface area contributed by atoms with E-state index in [1.165, 1.54) is 24.1 Å². The molecular formula is C23H27F3N2O3S. The molecule has 2 atom stereocenters. The van der Waals surface area contributed by atoms with Crippen LogP contribution in [0.2, 0.25) is 0 Å². The van der Waals surface area contributed by atoms with Crippen LogP contribution in [0.25, 0.3) is 0 Å². The number of rotatable bonds is 6. The number of hydrogen-bond acceptors (Lipinski definition) is 3. The Morgan fingerprint density at radius 3 is 2.31 bits per heavy atom. The maximum absolute atomic E-state index is 13.1. The summed E-state index contributed by atoms with van der Waals surface area (Å²) in [5.74, 6) is -0.599. The zero-order valence-electron chi connectivity index (χ0n) is 18.2. The van der Waals surface area contributed by atoms with Crippen molar-refractivity contribution in [2.45, 2.75) is 57.8 Å². The van der Waals surface area contributed by atoms with Gasteiger partial charge in [0.2, 0.25) is 15.9 Å². The first kappa shape index (κ1) is 24.1. The molecule has 0 aromatic heterocycles. The normalized spacial score (nSPS) is 16.1. The van der Waals surface area contributed by atoms with Gasteiger partial charge in [-0.2, -0.15) is 13.2 Å². The summed E-state index contributed by atoms with van der Waals surface area (Å²) >= 11 is 0. The molecule has 0 fully saturated rings. The highest BCUT2D eigenvalue weighted by molar-refractivity contribution is 7.92. The van der Waals surface area contributed by atoms with Crippen LogP contribution in [0.1, 0.15) is 55.0 Å². The lowest BCUT2D eigenvalue weighted by Crippen LogP contribution is -2.48. The number of nitrogens with one attached hydrogen (secondary N) is 1. The molecule has 1 aliphatic rings. The van der Waals surface area contributed by atoms with E-state index in [-0.39, 0.29) is 11.7 Å². The van der Waals surface area contributed by atoms with Gasteiger partial charge in [0.25, 0.3) is 0 Å². The third-order valence-corrected chi connectivity index (χ3v) is 6.99. The molecule has 2 aromatic carbocycles. The molecule has 0 saturated carbocycles. The first-order valence-corrected chi connectivity index (χ1v) is 12.3. The second-order valence-electron chi connectivity index (χ2n) is 8.25. The molecule has 0 spiro atoms. The van der Waals surface area contributed by atoms with Crippen molar-refractivity contribution < 1.29 is 26.4 Å². The molecule has 0 heterocycles. The molecule has 3 rings (SSSR count). The number of carbonyl (C=O) groups is 1. The van der Waals surface area contributed by atoms with Crippen molar-refractivity contribution in [2.24, 2.45) is 0 Å². The lowest BCUT2D eigenvalue weighted by Gasteiger charge is -2.30. The van der Waals surface area contributed by atoms with E-state index < -0.39 is 33.7 Å². The number of nitrogens with zero attached hydrogens (tertiary/aromatic N) is 1. The summed E-state index contributed by atoms with van der Waals surface area (Å²) < 4.78 is 64.9. The van der Waals surface area contributed by atoms with Crippen LogP contribution in [0.15, 0.2) is 42.5 Å². The molecule has 0 saturated heterocycles. The number of sulfonamides is 1. The molecule has 5 nitrogen and oxygen atoms in total. The predicted octanol–water partition coefficient (Wildman–Crippen LogP) is 4.62. The van der Waals surface area contributed by atoms with E-state index in [1.807, 2.05) is 6.07 Å². The van der Waals surface area contributed by atoms with Crippen molar-refractivity contribution in [1.82, 2.24) is 5.32 Å². The van der Waals surface area contributed by atoms with E-state index in [1.54, 1.807) is 6.92 Å². The van der Waals surface area contributed by atoms with Crippen LogP contribution in [0, 0.1) is 0 Å². The lowest BCUT2D eigenvalue weighted by atomic mass is 9.89. The van der Waals surface area contributed by atoms with Gasteiger partial charge < -0.3 is 5.32 Å². The quantitative estimate of drug-likeness (QED) is 0.673. The summed E-state index contributed by atoms with van der Waals surface area (Å²) in [6, 6.07) is 8.38. The maximum Gasteiger partial charge on any atom is 0.416 e. The first-order valence-electron chi connectivity index (χ1n) is 10.5. The number of amides is 1. The molecule has 0 radical (unpaired) electrons. The van der Waals surface area contributed by atoms with Crippen LogP contribution in [-0.4, -0.2) is 26.6 Å². The van der Waals surface area contributed by atoms with Gasteiger partial charge in [0.1, 0.15) is 6.04 Å². The smallest absolute Gasteiger partial charge is 0.348 e. The fraction of sp³-hybridized carbons (Fsp3) is 0.435. The van der Waals surface area contributed by atoms with Gasteiger partial charge in [0.05, 0.1) is 23.5 Å². The van der Waals surface area contributed by atoms with Crippen LogP contribution < -0.4 is 9.62 Å². The summed E-state index contributed by atoms with van der Waals surface area (Å²) in [7, 11) is -4.03. The Morgan fingerprint density at radius 1 is 1.03 bits per heavy atom. The second kappa shape index (κ2) is 9.13. The van der Waals surface area contributed by atoms with Crippen molar-refractivity contribution in [3.63, 3.8) is 0 Å². The second-order valence-corrected chi connectivity index (χ2v) is 10.1. The molecule has 1 amide bonds. The molecule has 2 aromatic rings. The van der Waals surface area contributed by atoms with Crippen LogP contribution in [0.5, 0.6) is 0 Å². The van der Waals surface area contributed by atoms with E-state index in [4.69, 9.17) is 0 Å². The molecule has 32 heavy (non-hydrogen) atoms. The fourth-order valence-corrected chi connectivity index (χ4v) is 5.23. The summed E-state index contributed by atoms with van der Waals surface area (Å²) in [5, 5.41) is 2.80. The Morgan fingerprint density at radius 2 is 1.69 bits per heavy atom. The van der Waals surface area contributed by atoms with Gasteiger partial charge in [-0.05, 0) is 74.4 Å². The zero-order chi connectivity index (χ0) is 23.7. The first-order chi connectivity index (χ1) is 14.9. The molecule has 1 aliphatic carbocycles. The average Bonchev–Trinajstić information content (AvgIpc) is 2.72. The third-order valence-electron chi connectivity index (χ3n) is 5.75. The van der Waals surface area contributed by atoms with Crippen LogP contribution >= 0.6 is 0 Å². The fourth-order valence-electron chi connectivity index (χ4n) is 4.07. The Hall–Kier alpha value is -2.55. The van der Waals surface area contributed by atoms with E-state index in [2.05, 4.69) is 17.4 Å². The lowest BCUT2D eigenvalue weighted by molar-refractivity contribution is -0.137. The molecule has 0 bridgehead atoms. The van der Waals surface area contributed by atoms with Gasteiger partial charge in [0.15, 0.2) is 0 Å². The summed E-state index contributed by atoms with van der Waals surface area (Å²) in [4.78, 5) is 12.9. The molecule has 9 heteroatoms.